The Labute approximate surface area is 161 Å². The fourth-order valence-electron chi connectivity index (χ4n) is 2.60. The highest BCUT2D eigenvalue weighted by Crippen LogP contribution is 2.17. The molecule has 0 bridgehead atoms. The predicted molar refractivity (Wildman–Crippen MR) is 108 cm³/mol. The van der Waals surface area contributed by atoms with Crippen LogP contribution in [0.25, 0.3) is 0 Å². The summed E-state index contributed by atoms with van der Waals surface area (Å²) in [7, 11) is 3.45. The Morgan fingerprint density at radius 3 is 2.15 bits per heavy atom. The van der Waals surface area contributed by atoms with E-state index in [2.05, 4.69) is 0 Å². The van der Waals surface area contributed by atoms with Crippen LogP contribution in [0.5, 0.6) is 0 Å². The lowest BCUT2D eigenvalue weighted by molar-refractivity contribution is 0.0750. The summed E-state index contributed by atoms with van der Waals surface area (Å²) in [6.45, 7) is 4.93. The average molecular weight is 376 g/mol. The SMILES string of the molecule is CCN(Cc1ccc(C(=O)N(C)C)cc1)C(=O)c1cc(N)ccc1C.Cl. The number of halogens is 1. The van der Waals surface area contributed by atoms with Crippen LogP contribution in [-0.4, -0.2) is 42.3 Å². The zero-order valence-electron chi connectivity index (χ0n) is 15.7. The summed E-state index contributed by atoms with van der Waals surface area (Å²) in [4.78, 5) is 28.1. The lowest BCUT2D eigenvalue weighted by Crippen LogP contribution is -2.31. The van der Waals surface area contributed by atoms with Gasteiger partial charge in [0.25, 0.3) is 11.8 Å². The second kappa shape index (κ2) is 9.25. The fraction of sp³-hybridized carbons (Fsp3) is 0.300. The van der Waals surface area contributed by atoms with Gasteiger partial charge in [-0.15, -0.1) is 12.4 Å². The van der Waals surface area contributed by atoms with Gasteiger partial charge in [-0.05, 0) is 49.2 Å². The van der Waals surface area contributed by atoms with E-state index in [4.69, 9.17) is 5.73 Å². The van der Waals surface area contributed by atoms with E-state index < -0.39 is 0 Å². The van der Waals surface area contributed by atoms with Crippen molar-refractivity contribution in [1.29, 1.82) is 0 Å². The third-order valence-electron chi connectivity index (χ3n) is 4.14. The summed E-state index contributed by atoms with van der Waals surface area (Å²) >= 11 is 0. The molecule has 0 saturated carbocycles. The number of rotatable bonds is 5. The molecule has 2 rings (SSSR count). The number of amides is 2. The van der Waals surface area contributed by atoms with Crippen molar-refractivity contribution in [3.05, 3.63) is 64.7 Å². The highest BCUT2D eigenvalue weighted by Gasteiger charge is 2.17. The molecule has 0 spiro atoms. The number of carbonyl (C=O) groups excluding carboxylic acids is 2. The largest absolute Gasteiger partial charge is 0.399 e. The molecule has 0 aromatic heterocycles. The van der Waals surface area contributed by atoms with Crippen molar-refractivity contribution in [1.82, 2.24) is 9.80 Å². The molecule has 0 unspecified atom stereocenters. The van der Waals surface area contributed by atoms with Crippen molar-refractivity contribution in [2.45, 2.75) is 20.4 Å². The minimum Gasteiger partial charge on any atom is -0.399 e. The molecule has 0 aliphatic carbocycles. The zero-order chi connectivity index (χ0) is 18.6. The van der Waals surface area contributed by atoms with Crippen LogP contribution < -0.4 is 5.73 Å². The number of carbonyl (C=O) groups is 2. The molecule has 2 N–H and O–H groups in total. The predicted octanol–water partition coefficient (Wildman–Crippen LogP) is 3.36. The molecule has 26 heavy (non-hydrogen) atoms. The van der Waals surface area contributed by atoms with Crippen molar-refractivity contribution < 1.29 is 9.59 Å². The number of nitrogens with zero attached hydrogens (tertiary/aromatic N) is 2. The van der Waals surface area contributed by atoms with E-state index in [0.717, 1.165) is 11.1 Å². The number of aryl methyl sites for hydroxylation is 1. The molecule has 140 valence electrons. The maximum absolute atomic E-state index is 12.8. The second-order valence-corrected chi connectivity index (χ2v) is 6.29. The molecule has 2 aromatic carbocycles. The van der Waals surface area contributed by atoms with E-state index in [9.17, 15) is 9.59 Å². The van der Waals surface area contributed by atoms with E-state index in [0.29, 0.717) is 29.9 Å². The number of nitrogen functional groups attached to an aromatic ring is 1. The monoisotopic (exact) mass is 375 g/mol. The van der Waals surface area contributed by atoms with Gasteiger partial charge >= 0.3 is 0 Å². The Morgan fingerprint density at radius 1 is 1.00 bits per heavy atom. The minimum absolute atomic E-state index is 0. The normalized spacial score (nSPS) is 10.0. The number of hydrogen-bond acceptors (Lipinski definition) is 3. The van der Waals surface area contributed by atoms with E-state index in [1.807, 2.05) is 32.0 Å². The molecule has 2 amide bonds. The van der Waals surface area contributed by atoms with Crippen LogP contribution in [0, 0.1) is 6.92 Å². The Bertz CT molecular complexity index is 773. The summed E-state index contributed by atoms with van der Waals surface area (Å²) < 4.78 is 0. The molecular formula is C20H26ClN3O2. The first-order valence-electron chi connectivity index (χ1n) is 8.29. The van der Waals surface area contributed by atoms with Gasteiger partial charge < -0.3 is 15.5 Å². The van der Waals surface area contributed by atoms with Crippen molar-refractivity contribution in [3.63, 3.8) is 0 Å². The van der Waals surface area contributed by atoms with E-state index in [1.165, 1.54) is 0 Å². The topological polar surface area (TPSA) is 66.6 Å². The maximum Gasteiger partial charge on any atom is 0.254 e. The van der Waals surface area contributed by atoms with Crippen molar-refractivity contribution in [2.75, 3.05) is 26.4 Å². The number of hydrogen-bond donors (Lipinski definition) is 1. The van der Waals surface area contributed by atoms with Gasteiger partial charge in [-0.3, -0.25) is 9.59 Å². The van der Waals surface area contributed by atoms with Crippen molar-refractivity contribution in [3.8, 4) is 0 Å². The van der Waals surface area contributed by atoms with Crippen LogP contribution >= 0.6 is 12.4 Å². The summed E-state index contributed by atoms with van der Waals surface area (Å²) in [5, 5.41) is 0. The molecule has 0 aliphatic rings. The van der Waals surface area contributed by atoms with Crippen LogP contribution in [0.1, 0.15) is 38.8 Å². The first kappa shape index (κ1) is 21.5. The molecule has 5 nitrogen and oxygen atoms in total. The third-order valence-corrected chi connectivity index (χ3v) is 4.14. The van der Waals surface area contributed by atoms with Gasteiger partial charge in [0, 0.05) is 44.0 Å². The lowest BCUT2D eigenvalue weighted by atomic mass is 10.1. The Balaban J connectivity index is 0.00000338. The lowest BCUT2D eigenvalue weighted by Gasteiger charge is -2.22. The van der Waals surface area contributed by atoms with E-state index in [1.54, 1.807) is 48.2 Å². The molecule has 6 heteroatoms. The smallest absolute Gasteiger partial charge is 0.254 e. The minimum atomic E-state index is -0.0410. The van der Waals surface area contributed by atoms with Crippen molar-refractivity contribution in [2.24, 2.45) is 0 Å². The summed E-state index contributed by atoms with van der Waals surface area (Å²) in [6.07, 6.45) is 0. The average Bonchev–Trinajstić information content (AvgIpc) is 2.61. The van der Waals surface area contributed by atoms with Crippen molar-refractivity contribution >= 4 is 29.9 Å². The quantitative estimate of drug-likeness (QED) is 0.815. The molecule has 0 atom stereocenters. The zero-order valence-corrected chi connectivity index (χ0v) is 16.5. The van der Waals surface area contributed by atoms with Gasteiger partial charge in [-0.25, -0.2) is 0 Å². The van der Waals surface area contributed by atoms with Crippen LogP contribution in [0.2, 0.25) is 0 Å². The Morgan fingerprint density at radius 2 is 1.62 bits per heavy atom. The van der Waals surface area contributed by atoms with Crippen LogP contribution in [-0.2, 0) is 6.54 Å². The number of nitrogens with two attached hydrogens (primary N) is 1. The van der Waals surface area contributed by atoms with Gasteiger partial charge in [-0.2, -0.15) is 0 Å². The molecule has 0 radical (unpaired) electrons. The molecule has 0 saturated heterocycles. The van der Waals surface area contributed by atoms with Gasteiger partial charge in [0.05, 0.1) is 0 Å². The van der Waals surface area contributed by atoms with Gasteiger partial charge in [-0.1, -0.05) is 18.2 Å². The molecule has 0 aliphatic heterocycles. The summed E-state index contributed by atoms with van der Waals surface area (Å²) in [5.41, 5.74) is 9.55. The van der Waals surface area contributed by atoms with Crippen LogP contribution in [0.15, 0.2) is 42.5 Å². The van der Waals surface area contributed by atoms with Crippen LogP contribution in [0.3, 0.4) is 0 Å². The third kappa shape index (κ3) is 4.99. The van der Waals surface area contributed by atoms with Gasteiger partial charge in [0.1, 0.15) is 0 Å². The van der Waals surface area contributed by atoms with Crippen LogP contribution in [0.4, 0.5) is 5.69 Å². The summed E-state index contributed by atoms with van der Waals surface area (Å²) in [6, 6.07) is 12.7. The molecule has 0 heterocycles. The van der Waals surface area contributed by atoms with Gasteiger partial charge in [0.2, 0.25) is 0 Å². The summed E-state index contributed by atoms with van der Waals surface area (Å²) in [5.74, 6) is -0.0777. The Kier molecular flexibility index (Phi) is 7.65. The molecule has 2 aromatic rings. The second-order valence-electron chi connectivity index (χ2n) is 6.29. The highest BCUT2D eigenvalue weighted by atomic mass is 35.5. The standard InChI is InChI=1S/C20H25N3O2.ClH/c1-5-23(20(25)18-12-17(21)11-6-14(18)2)13-15-7-9-16(10-8-15)19(24)22(3)4;/h6-12H,5,13,21H2,1-4H3;1H. The highest BCUT2D eigenvalue weighted by molar-refractivity contribution is 5.96. The fourth-order valence-corrected chi connectivity index (χ4v) is 2.60. The first-order valence-corrected chi connectivity index (χ1v) is 8.29. The number of anilines is 1. The van der Waals surface area contributed by atoms with E-state index in [-0.39, 0.29) is 24.2 Å². The molecular weight excluding hydrogens is 350 g/mol. The first-order chi connectivity index (χ1) is 11.8. The Hall–Kier alpha value is -2.53. The molecule has 0 fully saturated rings. The number of benzene rings is 2. The van der Waals surface area contributed by atoms with Gasteiger partial charge in [0.15, 0.2) is 0 Å². The van der Waals surface area contributed by atoms with E-state index >= 15 is 0 Å². The maximum atomic E-state index is 12.8.